The molecule has 0 unspecified atom stereocenters. The van der Waals surface area contributed by atoms with Gasteiger partial charge in [-0.2, -0.15) is 0 Å². The molecule has 0 bridgehead atoms. The Balaban J connectivity index is 0.00000280. The number of nitro groups is 1. The van der Waals surface area contributed by atoms with Crippen molar-refractivity contribution in [2.24, 2.45) is 5.73 Å². The fraction of sp³-hybridized carbons (Fsp3) is 0.350. The minimum atomic E-state index is -0.442. The Hall–Kier alpha value is -2.64. The van der Waals surface area contributed by atoms with E-state index in [4.69, 9.17) is 5.73 Å². The van der Waals surface area contributed by atoms with E-state index in [-0.39, 0.29) is 24.0 Å². The Labute approximate surface area is 170 Å². The summed E-state index contributed by atoms with van der Waals surface area (Å²) in [5, 5.41) is 14.6. The van der Waals surface area contributed by atoms with Crippen LogP contribution in [0.3, 0.4) is 0 Å². The summed E-state index contributed by atoms with van der Waals surface area (Å²) in [6.45, 7) is 1.42. The third-order valence-corrected chi connectivity index (χ3v) is 4.51. The van der Waals surface area contributed by atoms with E-state index in [1.54, 1.807) is 17.0 Å². The van der Waals surface area contributed by atoms with Crippen molar-refractivity contribution >= 4 is 29.7 Å². The molecule has 1 saturated carbocycles. The van der Waals surface area contributed by atoms with Crippen LogP contribution in [-0.4, -0.2) is 34.9 Å². The van der Waals surface area contributed by atoms with Crippen LogP contribution in [0, 0.1) is 10.1 Å². The largest absolute Gasteiger partial charge is 0.377 e. The molecule has 0 aliphatic heterocycles. The van der Waals surface area contributed by atoms with E-state index in [9.17, 15) is 14.9 Å². The summed E-state index contributed by atoms with van der Waals surface area (Å²) in [6, 6.07) is 14.6. The number of carbonyl (C=O) groups is 1. The first kappa shape index (κ1) is 21.7. The molecule has 1 fully saturated rings. The van der Waals surface area contributed by atoms with Gasteiger partial charge in [-0.15, -0.1) is 12.4 Å². The van der Waals surface area contributed by atoms with Crippen LogP contribution < -0.4 is 11.1 Å². The summed E-state index contributed by atoms with van der Waals surface area (Å²) < 4.78 is 0. The molecule has 0 saturated heterocycles. The van der Waals surface area contributed by atoms with Crippen LogP contribution in [0.25, 0.3) is 0 Å². The van der Waals surface area contributed by atoms with E-state index in [0.29, 0.717) is 43.3 Å². The molecule has 3 rings (SSSR count). The first-order valence-electron chi connectivity index (χ1n) is 9.16. The summed E-state index contributed by atoms with van der Waals surface area (Å²) in [5.41, 5.74) is 7.33. The van der Waals surface area contributed by atoms with Gasteiger partial charge in [0, 0.05) is 30.8 Å². The number of anilines is 1. The Morgan fingerprint density at radius 1 is 1.21 bits per heavy atom. The number of rotatable bonds is 9. The second kappa shape index (κ2) is 10.1. The zero-order valence-corrected chi connectivity index (χ0v) is 16.4. The molecule has 1 aliphatic rings. The fourth-order valence-corrected chi connectivity index (χ4v) is 2.91. The molecule has 0 radical (unpaired) electrons. The van der Waals surface area contributed by atoms with E-state index in [0.717, 1.165) is 18.4 Å². The number of nitrogens with one attached hydrogen (secondary N) is 1. The Bertz CT molecular complexity index is 812. The zero-order chi connectivity index (χ0) is 19.2. The van der Waals surface area contributed by atoms with E-state index >= 15 is 0 Å². The number of amides is 1. The number of hydrogen-bond donors (Lipinski definition) is 2. The molecule has 0 spiro atoms. The third-order valence-electron chi connectivity index (χ3n) is 4.51. The van der Waals surface area contributed by atoms with Gasteiger partial charge in [0.25, 0.3) is 11.6 Å². The Morgan fingerprint density at radius 2 is 1.93 bits per heavy atom. The number of hydrogen-bond acceptors (Lipinski definition) is 5. The van der Waals surface area contributed by atoms with Gasteiger partial charge in [0.1, 0.15) is 5.69 Å². The van der Waals surface area contributed by atoms with Crippen LogP contribution in [0.1, 0.15) is 35.2 Å². The minimum absolute atomic E-state index is 0. The van der Waals surface area contributed by atoms with Crippen molar-refractivity contribution in [1.82, 2.24) is 4.90 Å². The first-order chi connectivity index (χ1) is 13.1. The van der Waals surface area contributed by atoms with Crippen LogP contribution in [0.5, 0.6) is 0 Å². The van der Waals surface area contributed by atoms with Crippen molar-refractivity contribution in [3.8, 4) is 0 Å². The smallest absolute Gasteiger partial charge is 0.293 e. The predicted molar refractivity (Wildman–Crippen MR) is 112 cm³/mol. The molecule has 0 atom stereocenters. The molecule has 1 amide bonds. The van der Waals surface area contributed by atoms with Crippen LogP contribution in [0.4, 0.5) is 11.4 Å². The maximum atomic E-state index is 13.0. The lowest BCUT2D eigenvalue weighted by atomic mass is 10.1. The van der Waals surface area contributed by atoms with Gasteiger partial charge >= 0.3 is 0 Å². The molecule has 3 N–H and O–H groups in total. The van der Waals surface area contributed by atoms with E-state index in [2.05, 4.69) is 5.32 Å². The van der Waals surface area contributed by atoms with Crippen LogP contribution in [-0.2, 0) is 6.54 Å². The molecule has 7 nitrogen and oxygen atoms in total. The fourth-order valence-electron chi connectivity index (χ4n) is 2.91. The van der Waals surface area contributed by atoms with Gasteiger partial charge in [-0.3, -0.25) is 14.9 Å². The molecule has 2 aromatic rings. The SMILES string of the molecule is Cl.NCCCN(Cc1ccccc1)C(=O)c1ccc(NC2CC2)c([N+](=O)[O-])c1. The first-order valence-corrected chi connectivity index (χ1v) is 9.16. The molecular weight excluding hydrogens is 380 g/mol. The van der Waals surface area contributed by atoms with Gasteiger partial charge in [-0.25, -0.2) is 0 Å². The van der Waals surface area contributed by atoms with Crippen molar-refractivity contribution in [3.05, 3.63) is 69.8 Å². The summed E-state index contributed by atoms with van der Waals surface area (Å²) in [4.78, 5) is 25.7. The molecule has 8 heteroatoms. The highest BCUT2D eigenvalue weighted by Crippen LogP contribution is 2.32. The van der Waals surface area contributed by atoms with Crippen molar-refractivity contribution in [2.75, 3.05) is 18.4 Å². The molecule has 2 aromatic carbocycles. The Kier molecular flexibility index (Phi) is 7.78. The monoisotopic (exact) mass is 404 g/mol. The van der Waals surface area contributed by atoms with E-state index in [1.165, 1.54) is 6.07 Å². The normalized spacial score (nSPS) is 12.8. The second-order valence-corrected chi connectivity index (χ2v) is 6.76. The van der Waals surface area contributed by atoms with Gasteiger partial charge in [0.05, 0.1) is 4.92 Å². The van der Waals surface area contributed by atoms with Gasteiger partial charge in [-0.1, -0.05) is 30.3 Å². The lowest BCUT2D eigenvalue weighted by Crippen LogP contribution is -2.32. The third kappa shape index (κ3) is 5.68. The molecule has 1 aliphatic carbocycles. The van der Waals surface area contributed by atoms with Crippen LogP contribution in [0.2, 0.25) is 0 Å². The Morgan fingerprint density at radius 3 is 2.54 bits per heavy atom. The van der Waals surface area contributed by atoms with Crippen molar-refractivity contribution in [3.63, 3.8) is 0 Å². The summed E-state index contributed by atoms with van der Waals surface area (Å²) >= 11 is 0. The van der Waals surface area contributed by atoms with Gasteiger partial charge < -0.3 is 16.0 Å². The number of nitrogens with two attached hydrogens (primary N) is 1. The average Bonchev–Trinajstić information content (AvgIpc) is 3.49. The highest BCUT2D eigenvalue weighted by atomic mass is 35.5. The quantitative estimate of drug-likeness (QED) is 0.491. The molecular formula is C20H25ClN4O3. The van der Waals surface area contributed by atoms with Crippen molar-refractivity contribution < 1.29 is 9.72 Å². The molecule has 150 valence electrons. The highest BCUT2D eigenvalue weighted by molar-refractivity contribution is 5.95. The average molecular weight is 405 g/mol. The van der Waals surface area contributed by atoms with Gasteiger partial charge in [0.2, 0.25) is 0 Å². The van der Waals surface area contributed by atoms with Gasteiger partial charge in [0.15, 0.2) is 0 Å². The lowest BCUT2D eigenvalue weighted by Gasteiger charge is -2.23. The molecule has 28 heavy (non-hydrogen) atoms. The van der Waals surface area contributed by atoms with Crippen molar-refractivity contribution in [2.45, 2.75) is 31.8 Å². The summed E-state index contributed by atoms with van der Waals surface area (Å²) in [6.07, 6.45) is 2.70. The summed E-state index contributed by atoms with van der Waals surface area (Å²) in [5.74, 6) is -0.228. The standard InChI is InChI=1S/C20H24N4O3.ClH/c21-11-4-12-23(14-15-5-2-1-3-6-15)20(25)16-7-10-18(22-17-8-9-17)19(13-16)24(26)27;/h1-3,5-7,10,13,17,22H,4,8-9,11-12,14,21H2;1H. The number of nitro benzene ring substituents is 1. The number of carbonyl (C=O) groups excluding carboxylic acids is 1. The molecule has 0 aromatic heterocycles. The second-order valence-electron chi connectivity index (χ2n) is 6.76. The number of benzene rings is 2. The molecule has 0 heterocycles. The summed E-state index contributed by atoms with van der Waals surface area (Å²) in [7, 11) is 0. The highest BCUT2D eigenvalue weighted by Gasteiger charge is 2.26. The van der Waals surface area contributed by atoms with Gasteiger partial charge in [-0.05, 0) is 43.5 Å². The van der Waals surface area contributed by atoms with Crippen LogP contribution >= 0.6 is 12.4 Å². The lowest BCUT2D eigenvalue weighted by molar-refractivity contribution is -0.384. The van der Waals surface area contributed by atoms with E-state index in [1.807, 2.05) is 30.3 Å². The predicted octanol–water partition coefficient (Wildman–Crippen LogP) is 3.58. The van der Waals surface area contributed by atoms with Crippen molar-refractivity contribution in [1.29, 1.82) is 0 Å². The number of halogens is 1. The maximum Gasteiger partial charge on any atom is 0.293 e. The van der Waals surface area contributed by atoms with Crippen LogP contribution in [0.15, 0.2) is 48.5 Å². The topological polar surface area (TPSA) is 102 Å². The zero-order valence-electron chi connectivity index (χ0n) is 15.5. The minimum Gasteiger partial charge on any atom is -0.377 e. The number of nitrogens with zero attached hydrogens (tertiary/aromatic N) is 2. The van der Waals surface area contributed by atoms with E-state index < -0.39 is 4.92 Å². The maximum absolute atomic E-state index is 13.0.